The van der Waals surface area contributed by atoms with Gasteiger partial charge in [-0.2, -0.15) is 0 Å². The Morgan fingerprint density at radius 3 is 2.74 bits per heavy atom. The summed E-state index contributed by atoms with van der Waals surface area (Å²) < 4.78 is 15.3. The minimum absolute atomic E-state index is 0.0621. The van der Waals surface area contributed by atoms with Crippen LogP contribution in [0, 0.1) is 12.7 Å². The van der Waals surface area contributed by atoms with Crippen LogP contribution in [0.2, 0.25) is 0 Å². The van der Waals surface area contributed by atoms with Gasteiger partial charge in [-0.25, -0.2) is 9.37 Å². The Kier molecular flexibility index (Phi) is 4.99. The van der Waals surface area contributed by atoms with E-state index in [1.807, 2.05) is 35.9 Å². The normalized spacial score (nSPS) is 14.7. The quantitative estimate of drug-likeness (QED) is 0.643. The minimum Gasteiger partial charge on any atom is -0.352 e. The summed E-state index contributed by atoms with van der Waals surface area (Å²) in [5, 5.41) is 3.29. The molecule has 2 aromatic carbocycles. The van der Waals surface area contributed by atoms with Crippen LogP contribution in [0.3, 0.4) is 0 Å². The van der Waals surface area contributed by atoms with Crippen LogP contribution >= 0.6 is 11.8 Å². The lowest BCUT2D eigenvalue weighted by Gasteiger charge is -2.17. The van der Waals surface area contributed by atoms with Crippen molar-refractivity contribution in [1.29, 1.82) is 0 Å². The number of carbonyl (C=O) groups excluding carboxylic acids is 1. The summed E-state index contributed by atoms with van der Waals surface area (Å²) in [6.45, 7) is 2.04. The van der Waals surface area contributed by atoms with Crippen molar-refractivity contribution in [3.8, 4) is 5.69 Å². The van der Waals surface area contributed by atoms with Crippen LogP contribution in [0.4, 0.5) is 4.39 Å². The number of thioether (sulfide) groups is 1. The average Bonchev–Trinajstić information content (AvgIpc) is 3.34. The SMILES string of the molecule is Cc1cccc(-n2ccnc2SC(C(=O)NC2CC2)c2ccc(F)cc2)c1. The molecule has 1 atom stereocenters. The zero-order valence-corrected chi connectivity index (χ0v) is 15.7. The Labute approximate surface area is 161 Å². The number of nitrogens with one attached hydrogen (secondary N) is 1. The van der Waals surface area contributed by atoms with E-state index in [-0.39, 0.29) is 17.8 Å². The van der Waals surface area contributed by atoms with Gasteiger partial charge in [-0.3, -0.25) is 9.36 Å². The molecule has 1 unspecified atom stereocenters. The second-order valence-electron chi connectivity index (χ2n) is 6.75. The van der Waals surface area contributed by atoms with Gasteiger partial charge in [-0.1, -0.05) is 36.0 Å². The molecule has 4 rings (SSSR count). The molecular weight excluding hydrogens is 361 g/mol. The highest BCUT2D eigenvalue weighted by Gasteiger charge is 2.30. The molecule has 27 heavy (non-hydrogen) atoms. The van der Waals surface area contributed by atoms with Gasteiger partial charge in [-0.15, -0.1) is 0 Å². The molecule has 0 aliphatic heterocycles. The van der Waals surface area contributed by atoms with Crippen molar-refractivity contribution in [1.82, 2.24) is 14.9 Å². The summed E-state index contributed by atoms with van der Waals surface area (Å²) in [7, 11) is 0. The van der Waals surface area contributed by atoms with Crippen LogP contribution in [0.25, 0.3) is 5.69 Å². The van der Waals surface area contributed by atoms with Crippen LogP contribution in [0.1, 0.15) is 29.2 Å². The van der Waals surface area contributed by atoms with E-state index < -0.39 is 5.25 Å². The molecule has 1 aliphatic carbocycles. The molecule has 1 heterocycles. The standard InChI is InChI=1S/C21H20FN3OS/c1-14-3-2-4-18(13-14)25-12-11-23-21(25)27-19(20(26)24-17-9-10-17)15-5-7-16(22)8-6-15/h2-8,11-13,17,19H,9-10H2,1H3,(H,24,26). The fourth-order valence-corrected chi connectivity index (χ4v) is 3.95. The summed E-state index contributed by atoms with van der Waals surface area (Å²) >= 11 is 1.38. The largest absolute Gasteiger partial charge is 0.352 e. The second-order valence-corrected chi connectivity index (χ2v) is 7.82. The van der Waals surface area contributed by atoms with Crippen LogP contribution < -0.4 is 5.32 Å². The number of carbonyl (C=O) groups is 1. The number of nitrogens with zero attached hydrogens (tertiary/aromatic N) is 2. The smallest absolute Gasteiger partial charge is 0.238 e. The molecule has 0 saturated heterocycles. The topological polar surface area (TPSA) is 46.9 Å². The third kappa shape index (κ3) is 4.22. The Balaban J connectivity index is 1.64. The Morgan fingerprint density at radius 1 is 1.26 bits per heavy atom. The van der Waals surface area contributed by atoms with Crippen molar-refractivity contribution >= 4 is 17.7 Å². The number of aromatic nitrogens is 2. The maximum atomic E-state index is 13.3. The van der Waals surface area contributed by atoms with Gasteiger partial charge in [0.15, 0.2) is 5.16 Å². The lowest BCUT2D eigenvalue weighted by Crippen LogP contribution is -2.30. The fourth-order valence-electron chi connectivity index (χ4n) is 2.87. The molecule has 6 heteroatoms. The summed E-state index contributed by atoms with van der Waals surface area (Å²) in [6, 6.07) is 14.5. The van der Waals surface area contributed by atoms with E-state index in [0.717, 1.165) is 34.8 Å². The molecule has 1 saturated carbocycles. The highest BCUT2D eigenvalue weighted by Crippen LogP contribution is 2.36. The maximum Gasteiger partial charge on any atom is 0.238 e. The first-order valence-electron chi connectivity index (χ1n) is 8.93. The summed E-state index contributed by atoms with van der Waals surface area (Å²) in [5.74, 6) is -0.376. The predicted molar refractivity (Wildman–Crippen MR) is 104 cm³/mol. The minimum atomic E-state index is -0.489. The molecule has 3 aromatic rings. The zero-order valence-electron chi connectivity index (χ0n) is 14.9. The van der Waals surface area contributed by atoms with Gasteiger partial charge in [0, 0.05) is 24.1 Å². The van der Waals surface area contributed by atoms with Gasteiger partial charge in [0.1, 0.15) is 11.1 Å². The number of hydrogen-bond acceptors (Lipinski definition) is 3. The first-order chi connectivity index (χ1) is 13.1. The van der Waals surface area contributed by atoms with Crippen LogP contribution in [0.15, 0.2) is 66.1 Å². The van der Waals surface area contributed by atoms with Crippen molar-refractivity contribution in [2.75, 3.05) is 0 Å². The van der Waals surface area contributed by atoms with Gasteiger partial charge in [0.25, 0.3) is 0 Å². The molecule has 1 aromatic heterocycles. The lowest BCUT2D eigenvalue weighted by atomic mass is 10.1. The van der Waals surface area contributed by atoms with Gasteiger partial charge < -0.3 is 5.32 Å². The van der Waals surface area contributed by atoms with Gasteiger partial charge in [0.2, 0.25) is 5.91 Å². The summed E-state index contributed by atoms with van der Waals surface area (Å²) in [4.78, 5) is 17.3. The molecule has 138 valence electrons. The number of imidazole rings is 1. The number of benzene rings is 2. The second kappa shape index (κ2) is 7.56. The molecule has 1 N–H and O–H groups in total. The zero-order chi connectivity index (χ0) is 18.8. The van der Waals surface area contributed by atoms with Gasteiger partial charge in [0.05, 0.1) is 0 Å². The number of aryl methyl sites for hydroxylation is 1. The van der Waals surface area contributed by atoms with E-state index in [2.05, 4.69) is 16.4 Å². The van der Waals surface area contributed by atoms with Crippen molar-refractivity contribution in [3.05, 3.63) is 77.9 Å². The first-order valence-corrected chi connectivity index (χ1v) is 9.81. The molecule has 4 nitrogen and oxygen atoms in total. The van der Waals surface area contributed by atoms with Gasteiger partial charge >= 0.3 is 0 Å². The van der Waals surface area contributed by atoms with Crippen LogP contribution in [-0.4, -0.2) is 21.5 Å². The van der Waals surface area contributed by atoms with Crippen LogP contribution in [0.5, 0.6) is 0 Å². The molecule has 1 amide bonds. The highest BCUT2D eigenvalue weighted by molar-refractivity contribution is 8.00. The van der Waals surface area contributed by atoms with E-state index in [9.17, 15) is 9.18 Å². The van der Waals surface area contributed by atoms with E-state index in [0.29, 0.717) is 0 Å². The van der Waals surface area contributed by atoms with E-state index >= 15 is 0 Å². The average molecular weight is 381 g/mol. The highest BCUT2D eigenvalue weighted by atomic mass is 32.2. The molecule has 0 radical (unpaired) electrons. The number of amides is 1. The number of halogens is 1. The third-order valence-electron chi connectivity index (χ3n) is 4.44. The molecule has 1 aliphatic rings. The number of rotatable bonds is 6. The Bertz CT molecular complexity index is 950. The molecular formula is C21H20FN3OS. The van der Waals surface area contributed by atoms with E-state index in [1.54, 1.807) is 18.3 Å². The van der Waals surface area contributed by atoms with E-state index in [1.165, 1.54) is 23.9 Å². The van der Waals surface area contributed by atoms with Crippen molar-refractivity contribution in [3.63, 3.8) is 0 Å². The van der Waals surface area contributed by atoms with E-state index in [4.69, 9.17) is 0 Å². The first kappa shape index (κ1) is 17.8. The molecule has 0 spiro atoms. The van der Waals surface area contributed by atoms with Crippen molar-refractivity contribution < 1.29 is 9.18 Å². The summed E-state index contributed by atoms with van der Waals surface area (Å²) in [5.41, 5.74) is 2.91. The summed E-state index contributed by atoms with van der Waals surface area (Å²) in [6.07, 6.45) is 5.65. The van der Waals surface area contributed by atoms with Crippen molar-refractivity contribution in [2.24, 2.45) is 0 Å². The van der Waals surface area contributed by atoms with Crippen LogP contribution in [-0.2, 0) is 4.79 Å². The predicted octanol–water partition coefficient (Wildman–Crippen LogP) is 4.43. The van der Waals surface area contributed by atoms with Crippen molar-refractivity contribution in [2.45, 2.75) is 36.2 Å². The Morgan fingerprint density at radius 2 is 2.04 bits per heavy atom. The maximum absolute atomic E-state index is 13.3. The fraction of sp³-hybridized carbons (Fsp3) is 0.238. The molecule has 1 fully saturated rings. The Hall–Kier alpha value is -2.60. The molecule has 0 bridgehead atoms. The lowest BCUT2D eigenvalue weighted by molar-refractivity contribution is -0.120. The van der Waals surface area contributed by atoms with Gasteiger partial charge in [-0.05, 0) is 55.2 Å². The number of hydrogen-bond donors (Lipinski definition) is 1. The monoisotopic (exact) mass is 381 g/mol. The third-order valence-corrected chi connectivity index (χ3v) is 5.68.